The van der Waals surface area contributed by atoms with Crippen LogP contribution in [-0.2, 0) is 4.79 Å². The van der Waals surface area contributed by atoms with Crippen LogP contribution < -0.4 is 5.32 Å². The average molecular weight is 359 g/mol. The van der Waals surface area contributed by atoms with Gasteiger partial charge in [-0.2, -0.15) is 0 Å². The molecular weight excluding hydrogens is 334 g/mol. The monoisotopic (exact) mass is 359 g/mol. The Bertz CT molecular complexity index is 731. The van der Waals surface area contributed by atoms with Crippen molar-refractivity contribution in [2.75, 3.05) is 0 Å². The number of thioether (sulfide) groups is 1. The number of nitrogens with zero attached hydrogens (tertiary/aromatic N) is 2. The van der Waals surface area contributed by atoms with Gasteiger partial charge in [-0.05, 0) is 44.7 Å². The van der Waals surface area contributed by atoms with E-state index in [1.54, 1.807) is 0 Å². The van der Waals surface area contributed by atoms with Crippen molar-refractivity contribution in [2.24, 2.45) is 5.92 Å². The zero-order chi connectivity index (χ0) is 17.8. The van der Waals surface area contributed by atoms with Crippen LogP contribution in [0, 0.1) is 12.8 Å². The highest BCUT2D eigenvalue weighted by atomic mass is 32.2. The van der Waals surface area contributed by atoms with Crippen molar-refractivity contribution in [2.45, 2.75) is 63.0 Å². The third-order valence-electron chi connectivity index (χ3n) is 4.76. The maximum Gasteiger partial charge on any atom is 0.277 e. The summed E-state index contributed by atoms with van der Waals surface area (Å²) in [5.74, 6) is 1.07. The van der Waals surface area contributed by atoms with E-state index in [2.05, 4.69) is 22.4 Å². The van der Waals surface area contributed by atoms with Crippen molar-refractivity contribution >= 4 is 17.7 Å². The molecule has 0 bridgehead atoms. The van der Waals surface area contributed by atoms with Gasteiger partial charge in [-0.15, -0.1) is 10.2 Å². The second kappa shape index (κ2) is 8.04. The number of rotatable bonds is 5. The molecule has 0 spiro atoms. The summed E-state index contributed by atoms with van der Waals surface area (Å²) >= 11 is 1.31. The molecule has 1 amide bonds. The SMILES string of the molecule is Cc1cccc(-c2nnc(S[C@H](C)C(=O)N[C@H]3CCCC[C@@H]3C)o2)c1. The standard InChI is InChI=1S/C19H25N3O2S/c1-12-7-6-9-15(11-12)18-21-22-19(24-18)25-14(3)17(23)20-16-10-5-4-8-13(16)2/h6-7,9,11,13-14,16H,4-5,8,10H2,1-3H3,(H,20,23)/t13-,14+,16-/m0/s1. The van der Waals surface area contributed by atoms with Gasteiger partial charge in [-0.1, -0.05) is 49.2 Å². The van der Waals surface area contributed by atoms with Crippen molar-refractivity contribution in [3.05, 3.63) is 29.8 Å². The molecule has 3 atom stereocenters. The lowest BCUT2D eigenvalue weighted by Crippen LogP contribution is -2.44. The predicted octanol–water partition coefficient (Wildman–Crippen LogP) is 4.22. The molecule has 1 saturated carbocycles. The number of benzene rings is 1. The summed E-state index contributed by atoms with van der Waals surface area (Å²) in [6.45, 7) is 6.12. The quantitative estimate of drug-likeness (QED) is 0.810. The number of aryl methyl sites for hydroxylation is 1. The lowest BCUT2D eigenvalue weighted by molar-refractivity contribution is -0.121. The van der Waals surface area contributed by atoms with E-state index in [1.807, 2.05) is 38.1 Å². The second-order valence-electron chi connectivity index (χ2n) is 6.88. The van der Waals surface area contributed by atoms with Crippen LogP contribution in [-0.4, -0.2) is 27.4 Å². The number of carbonyl (C=O) groups is 1. The van der Waals surface area contributed by atoms with E-state index in [-0.39, 0.29) is 17.2 Å². The van der Waals surface area contributed by atoms with E-state index in [0.717, 1.165) is 17.5 Å². The zero-order valence-electron chi connectivity index (χ0n) is 15.0. The number of hydrogen-bond acceptors (Lipinski definition) is 5. The Hall–Kier alpha value is -1.82. The Morgan fingerprint density at radius 3 is 2.88 bits per heavy atom. The van der Waals surface area contributed by atoms with Gasteiger partial charge in [0, 0.05) is 11.6 Å². The van der Waals surface area contributed by atoms with Gasteiger partial charge in [0.1, 0.15) is 0 Å². The molecule has 1 aliphatic carbocycles. The molecule has 25 heavy (non-hydrogen) atoms. The van der Waals surface area contributed by atoms with E-state index in [1.165, 1.54) is 31.0 Å². The third kappa shape index (κ3) is 4.63. The topological polar surface area (TPSA) is 68.0 Å². The molecule has 0 radical (unpaired) electrons. The Morgan fingerprint density at radius 1 is 1.32 bits per heavy atom. The lowest BCUT2D eigenvalue weighted by Gasteiger charge is -2.30. The summed E-state index contributed by atoms with van der Waals surface area (Å²) in [7, 11) is 0. The Labute approximate surface area is 153 Å². The van der Waals surface area contributed by atoms with Crippen LogP contribution in [0.1, 0.15) is 45.1 Å². The molecule has 1 fully saturated rings. The predicted molar refractivity (Wildman–Crippen MR) is 99.4 cm³/mol. The van der Waals surface area contributed by atoms with Gasteiger partial charge in [0.25, 0.3) is 5.22 Å². The van der Waals surface area contributed by atoms with Gasteiger partial charge in [0.2, 0.25) is 11.8 Å². The summed E-state index contributed by atoms with van der Waals surface area (Å²) in [6, 6.07) is 8.21. The Kier molecular flexibility index (Phi) is 5.78. The van der Waals surface area contributed by atoms with Crippen LogP contribution >= 0.6 is 11.8 Å². The van der Waals surface area contributed by atoms with Crippen molar-refractivity contribution in [1.82, 2.24) is 15.5 Å². The molecular formula is C19H25N3O2S. The van der Waals surface area contributed by atoms with Crippen molar-refractivity contribution in [1.29, 1.82) is 0 Å². The summed E-state index contributed by atoms with van der Waals surface area (Å²) < 4.78 is 5.72. The molecule has 6 heteroatoms. The highest BCUT2D eigenvalue weighted by molar-refractivity contribution is 8.00. The van der Waals surface area contributed by atoms with Gasteiger partial charge < -0.3 is 9.73 Å². The van der Waals surface area contributed by atoms with E-state index >= 15 is 0 Å². The number of hydrogen-bond donors (Lipinski definition) is 1. The summed E-state index contributed by atoms with van der Waals surface area (Å²) in [6.07, 6.45) is 4.72. The first-order valence-corrected chi connectivity index (χ1v) is 9.78. The lowest BCUT2D eigenvalue weighted by atomic mass is 9.86. The molecule has 1 aromatic carbocycles. The Balaban J connectivity index is 1.59. The number of carbonyl (C=O) groups excluding carboxylic acids is 1. The van der Waals surface area contributed by atoms with Crippen LogP contribution in [0.15, 0.2) is 33.9 Å². The van der Waals surface area contributed by atoms with Gasteiger partial charge in [-0.3, -0.25) is 4.79 Å². The fourth-order valence-electron chi connectivity index (χ4n) is 3.19. The van der Waals surface area contributed by atoms with Gasteiger partial charge in [0.15, 0.2) is 0 Å². The van der Waals surface area contributed by atoms with Crippen LogP contribution in [0.3, 0.4) is 0 Å². The number of amides is 1. The molecule has 1 heterocycles. The first kappa shape index (κ1) is 18.0. The highest BCUT2D eigenvalue weighted by Crippen LogP contribution is 2.28. The second-order valence-corrected chi connectivity index (χ2v) is 8.17. The van der Waals surface area contributed by atoms with Crippen molar-refractivity contribution < 1.29 is 9.21 Å². The maximum absolute atomic E-state index is 12.5. The van der Waals surface area contributed by atoms with E-state index < -0.39 is 0 Å². The van der Waals surface area contributed by atoms with Crippen LogP contribution in [0.5, 0.6) is 0 Å². The van der Waals surface area contributed by atoms with Crippen molar-refractivity contribution in [3.8, 4) is 11.5 Å². The van der Waals surface area contributed by atoms with E-state index in [4.69, 9.17) is 4.42 Å². The molecule has 1 N–H and O–H groups in total. The first-order valence-electron chi connectivity index (χ1n) is 8.90. The fraction of sp³-hybridized carbons (Fsp3) is 0.526. The van der Waals surface area contributed by atoms with E-state index in [0.29, 0.717) is 17.0 Å². The van der Waals surface area contributed by atoms with Gasteiger partial charge >= 0.3 is 0 Å². The smallest absolute Gasteiger partial charge is 0.277 e. The average Bonchev–Trinajstić information content (AvgIpc) is 3.05. The molecule has 2 aromatic rings. The summed E-state index contributed by atoms with van der Waals surface area (Å²) in [5, 5.41) is 11.5. The zero-order valence-corrected chi connectivity index (χ0v) is 15.8. The highest BCUT2D eigenvalue weighted by Gasteiger charge is 2.26. The van der Waals surface area contributed by atoms with Gasteiger partial charge in [-0.25, -0.2) is 0 Å². The first-order chi connectivity index (χ1) is 12.0. The van der Waals surface area contributed by atoms with E-state index in [9.17, 15) is 4.79 Å². The molecule has 5 nitrogen and oxygen atoms in total. The molecule has 0 saturated heterocycles. The molecule has 3 rings (SSSR count). The van der Waals surface area contributed by atoms with Crippen molar-refractivity contribution in [3.63, 3.8) is 0 Å². The third-order valence-corrected chi connectivity index (χ3v) is 5.69. The number of nitrogens with one attached hydrogen (secondary N) is 1. The fourth-order valence-corrected chi connectivity index (χ4v) is 3.88. The summed E-state index contributed by atoms with van der Waals surface area (Å²) in [4.78, 5) is 12.5. The minimum Gasteiger partial charge on any atom is -0.411 e. The van der Waals surface area contributed by atoms with Crippen LogP contribution in [0.4, 0.5) is 0 Å². The van der Waals surface area contributed by atoms with Gasteiger partial charge in [0.05, 0.1) is 5.25 Å². The van der Waals surface area contributed by atoms with Crippen LogP contribution in [0.25, 0.3) is 11.5 Å². The molecule has 134 valence electrons. The minimum atomic E-state index is -0.264. The minimum absolute atomic E-state index is 0.0408. The van der Waals surface area contributed by atoms with Crippen LogP contribution in [0.2, 0.25) is 0 Å². The molecule has 1 aromatic heterocycles. The normalized spacial score (nSPS) is 21.7. The maximum atomic E-state index is 12.5. The molecule has 1 aliphatic rings. The molecule has 0 aliphatic heterocycles. The summed E-state index contributed by atoms with van der Waals surface area (Å²) in [5.41, 5.74) is 2.03. The molecule has 0 unspecified atom stereocenters. The Morgan fingerprint density at radius 2 is 2.12 bits per heavy atom. The largest absolute Gasteiger partial charge is 0.411 e. The number of aromatic nitrogens is 2.